The van der Waals surface area contributed by atoms with Crippen LogP contribution in [0.4, 0.5) is 0 Å². The molecule has 2 nitrogen and oxygen atoms in total. The quantitative estimate of drug-likeness (QED) is 0.389. The number of hydrogen-bond acceptors (Lipinski definition) is 2. The third-order valence-electron chi connectivity index (χ3n) is 2.55. The molecule has 0 amide bonds. The maximum atomic E-state index is 11.1. The zero-order valence-electron chi connectivity index (χ0n) is 9.18. The summed E-state index contributed by atoms with van der Waals surface area (Å²) in [6, 6.07) is 0. The normalized spacial score (nSPS) is 13.4. The standard InChI is InChI=1S/C11H19ClO2/c1-5-9(14-10(13)6-2)11(12,7-3)8-4/h6,9H,2,5,7-8H2,1,3-4H3. The van der Waals surface area contributed by atoms with E-state index in [1.807, 2.05) is 20.8 Å². The van der Waals surface area contributed by atoms with Crippen LogP contribution < -0.4 is 0 Å². The molecule has 0 saturated carbocycles. The van der Waals surface area contributed by atoms with Crippen LogP contribution in [0, 0.1) is 0 Å². The SMILES string of the molecule is C=CC(=O)OC(CC)C(Cl)(CC)CC. The van der Waals surface area contributed by atoms with Crippen LogP contribution in [-0.2, 0) is 9.53 Å². The highest BCUT2D eigenvalue weighted by atomic mass is 35.5. The Hall–Kier alpha value is -0.500. The van der Waals surface area contributed by atoms with E-state index in [0.29, 0.717) is 0 Å². The van der Waals surface area contributed by atoms with Gasteiger partial charge in [-0.05, 0) is 19.3 Å². The average molecular weight is 219 g/mol. The predicted molar refractivity (Wildman–Crippen MR) is 59.5 cm³/mol. The van der Waals surface area contributed by atoms with Crippen LogP contribution in [-0.4, -0.2) is 16.9 Å². The summed E-state index contributed by atoms with van der Waals surface area (Å²) >= 11 is 6.36. The van der Waals surface area contributed by atoms with Gasteiger partial charge < -0.3 is 4.74 Å². The van der Waals surface area contributed by atoms with Gasteiger partial charge in [-0.25, -0.2) is 4.79 Å². The van der Waals surface area contributed by atoms with Gasteiger partial charge in [0.05, 0.1) is 4.87 Å². The van der Waals surface area contributed by atoms with E-state index in [2.05, 4.69) is 6.58 Å². The average Bonchev–Trinajstić information content (AvgIpc) is 2.24. The van der Waals surface area contributed by atoms with Gasteiger partial charge in [-0.1, -0.05) is 27.4 Å². The third-order valence-corrected chi connectivity index (χ3v) is 3.33. The molecule has 0 heterocycles. The van der Waals surface area contributed by atoms with Gasteiger partial charge in [0.1, 0.15) is 6.10 Å². The van der Waals surface area contributed by atoms with E-state index in [-0.39, 0.29) is 6.10 Å². The Morgan fingerprint density at radius 1 is 1.50 bits per heavy atom. The number of carbonyl (C=O) groups is 1. The van der Waals surface area contributed by atoms with Crippen LogP contribution in [0.3, 0.4) is 0 Å². The molecule has 0 rings (SSSR count). The lowest BCUT2D eigenvalue weighted by molar-refractivity contribution is -0.145. The Labute approximate surface area is 91.3 Å². The van der Waals surface area contributed by atoms with Crippen LogP contribution in [0.1, 0.15) is 40.0 Å². The van der Waals surface area contributed by atoms with Crippen LogP contribution in [0.15, 0.2) is 12.7 Å². The van der Waals surface area contributed by atoms with Crippen molar-refractivity contribution < 1.29 is 9.53 Å². The van der Waals surface area contributed by atoms with Crippen molar-refractivity contribution in [2.24, 2.45) is 0 Å². The molecule has 82 valence electrons. The number of rotatable bonds is 6. The Morgan fingerprint density at radius 3 is 2.29 bits per heavy atom. The molecule has 0 bridgehead atoms. The number of ether oxygens (including phenoxy) is 1. The van der Waals surface area contributed by atoms with Crippen molar-refractivity contribution in [1.82, 2.24) is 0 Å². The molecule has 0 aliphatic carbocycles. The number of alkyl halides is 1. The fourth-order valence-corrected chi connectivity index (χ4v) is 1.65. The summed E-state index contributed by atoms with van der Waals surface area (Å²) in [4.78, 5) is 10.6. The zero-order chi connectivity index (χ0) is 11.2. The van der Waals surface area contributed by atoms with Crippen LogP contribution in [0.2, 0.25) is 0 Å². The fraction of sp³-hybridized carbons (Fsp3) is 0.727. The molecule has 0 radical (unpaired) electrons. The number of hydrogen-bond donors (Lipinski definition) is 0. The van der Waals surface area contributed by atoms with Crippen LogP contribution in [0.25, 0.3) is 0 Å². The molecule has 0 aromatic heterocycles. The van der Waals surface area contributed by atoms with Crippen molar-refractivity contribution in [2.75, 3.05) is 0 Å². The van der Waals surface area contributed by atoms with Gasteiger partial charge in [0.15, 0.2) is 0 Å². The lowest BCUT2D eigenvalue weighted by Crippen LogP contribution is -2.38. The third kappa shape index (κ3) is 3.33. The first-order valence-corrected chi connectivity index (χ1v) is 5.43. The zero-order valence-corrected chi connectivity index (χ0v) is 9.93. The molecule has 0 aromatic rings. The minimum absolute atomic E-state index is 0.232. The summed E-state index contributed by atoms with van der Waals surface area (Å²) in [5.41, 5.74) is 0. The van der Waals surface area contributed by atoms with E-state index in [4.69, 9.17) is 16.3 Å². The molecular weight excluding hydrogens is 200 g/mol. The Bertz CT molecular complexity index is 197. The van der Waals surface area contributed by atoms with E-state index in [1.165, 1.54) is 6.08 Å². The van der Waals surface area contributed by atoms with Crippen molar-refractivity contribution in [3.05, 3.63) is 12.7 Å². The van der Waals surface area contributed by atoms with Crippen LogP contribution >= 0.6 is 11.6 Å². The molecule has 1 unspecified atom stereocenters. The van der Waals surface area contributed by atoms with Gasteiger partial charge in [-0.3, -0.25) is 0 Å². The molecule has 1 atom stereocenters. The van der Waals surface area contributed by atoms with Crippen molar-refractivity contribution in [3.63, 3.8) is 0 Å². The number of carbonyl (C=O) groups excluding carboxylic acids is 1. The van der Waals surface area contributed by atoms with Gasteiger partial charge in [-0.2, -0.15) is 0 Å². The summed E-state index contributed by atoms with van der Waals surface area (Å²) in [5.74, 6) is -0.399. The van der Waals surface area contributed by atoms with Crippen molar-refractivity contribution in [3.8, 4) is 0 Å². The van der Waals surface area contributed by atoms with Gasteiger partial charge in [0.2, 0.25) is 0 Å². The molecule has 0 fully saturated rings. The maximum absolute atomic E-state index is 11.1. The first-order chi connectivity index (χ1) is 6.53. The Morgan fingerprint density at radius 2 is 2.00 bits per heavy atom. The molecule has 14 heavy (non-hydrogen) atoms. The molecule has 0 N–H and O–H groups in total. The summed E-state index contributed by atoms with van der Waals surface area (Å²) in [5, 5.41) is 0. The molecule has 0 aliphatic heterocycles. The summed E-state index contributed by atoms with van der Waals surface area (Å²) in [7, 11) is 0. The molecule has 3 heteroatoms. The molecule has 0 spiro atoms. The molecule has 0 aliphatic rings. The van der Waals surface area contributed by atoms with Crippen LogP contribution in [0.5, 0.6) is 0 Å². The van der Waals surface area contributed by atoms with Crippen molar-refractivity contribution >= 4 is 17.6 Å². The highest BCUT2D eigenvalue weighted by Crippen LogP contribution is 2.32. The number of esters is 1. The van der Waals surface area contributed by atoms with Gasteiger partial charge in [-0.15, -0.1) is 11.6 Å². The van der Waals surface area contributed by atoms with Gasteiger partial charge in [0, 0.05) is 6.08 Å². The van der Waals surface area contributed by atoms with E-state index in [9.17, 15) is 4.79 Å². The van der Waals surface area contributed by atoms with E-state index >= 15 is 0 Å². The molecular formula is C11H19ClO2. The highest BCUT2D eigenvalue weighted by molar-refractivity contribution is 6.24. The first-order valence-electron chi connectivity index (χ1n) is 5.06. The second-order valence-electron chi connectivity index (χ2n) is 3.28. The van der Waals surface area contributed by atoms with Gasteiger partial charge >= 0.3 is 5.97 Å². The largest absolute Gasteiger partial charge is 0.457 e. The molecule has 0 saturated heterocycles. The second kappa shape index (κ2) is 6.07. The topological polar surface area (TPSA) is 26.3 Å². The fourth-order valence-electron chi connectivity index (χ4n) is 1.45. The van der Waals surface area contributed by atoms with E-state index < -0.39 is 10.8 Å². The summed E-state index contributed by atoms with van der Waals surface area (Å²) in [6.45, 7) is 9.33. The molecule has 0 aromatic carbocycles. The second-order valence-corrected chi connectivity index (χ2v) is 4.03. The lowest BCUT2D eigenvalue weighted by atomic mass is 9.93. The minimum atomic E-state index is -0.437. The Kier molecular flexibility index (Phi) is 5.86. The number of halogens is 1. The monoisotopic (exact) mass is 218 g/mol. The lowest BCUT2D eigenvalue weighted by Gasteiger charge is -2.32. The van der Waals surface area contributed by atoms with E-state index in [1.54, 1.807) is 0 Å². The van der Waals surface area contributed by atoms with E-state index in [0.717, 1.165) is 19.3 Å². The Balaban J connectivity index is 4.52. The summed E-state index contributed by atoms with van der Waals surface area (Å²) in [6.07, 6.45) is 3.24. The van der Waals surface area contributed by atoms with Gasteiger partial charge in [0.25, 0.3) is 0 Å². The maximum Gasteiger partial charge on any atom is 0.330 e. The van der Waals surface area contributed by atoms with Crippen molar-refractivity contribution in [2.45, 2.75) is 51.0 Å². The van der Waals surface area contributed by atoms with Crippen molar-refractivity contribution in [1.29, 1.82) is 0 Å². The summed E-state index contributed by atoms with van der Waals surface area (Å²) < 4.78 is 5.21. The highest BCUT2D eigenvalue weighted by Gasteiger charge is 2.34. The minimum Gasteiger partial charge on any atom is -0.457 e. The smallest absolute Gasteiger partial charge is 0.330 e. The first kappa shape index (κ1) is 13.5. The predicted octanol–water partition coefficient (Wildman–Crippen LogP) is 3.29.